The number of hydrogen-bond acceptors (Lipinski definition) is 4. The average Bonchev–Trinajstić information content (AvgIpc) is 2.61. The third-order valence-electron chi connectivity index (χ3n) is 4.24. The van der Waals surface area contributed by atoms with Crippen molar-refractivity contribution >= 4 is 21.6 Å². The number of hydrogen-bond donors (Lipinski definition) is 1. The van der Waals surface area contributed by atoms with Crippen molar-refractivity contribution in [3.63, 3.8) is 0 Å². The van der Waals surface area contributed by atoms with E-state index in [0.717, 1.165) is 22.9 Å². The van der Waals surface area contributed by atoms with Gasteiger partial charge in [-0.25, -0.2) is 8.42 Å². The summed E-state index contributed by atoms with van der Waals surface area (Å²) in [5, 5.41) is 2.80. The Kier molecular flexibility index (Phi) is 6.98. The van der Waals surface area contributed by atoms with Crippen molar-refractivity contribution in [1.82, 2.24) is 4.31 Å². The fourth-order valence-electron chi connectivity index (χ4n) is 2.66. The van der Waals surface area contributed by atoms with Crippen LogP contribution in [0.2, 0.25) is 0 Å². The van der Waals surface area contributed by atoms with Crippen LogP contribution >= 0.6 is 0 Å². The third-order valence-corrected chi connectivity index (χ3v) is 5.49. The van der Waals surface area contributed by atoms with Crippen molar-refractivity contribution in [3.05, 3.63) is 59.2 Å². The van der Waals surface area contributed by atoms with Crippen molar-refractivity contribution in [2.75, 3.05) is 31.8 Å². The molecule has 0 radical (unpaired) electrons. The summed E-state index contributed by atoms with van der Waals surface area (Å²) in [5.41, 5.74) is 3.59. The van der Waals surface area contributed by atoms with Gasteiger partial charge in [0.05, 0.1) is 19.9 Å². The number of anilines is 1. The molecule has 146 valence electrons. The average molecular weight is 391 g/mol. The quantitative estimate of drug-likeness (QED) is 0.752. The largest absolute Gasteiger partial charge is 0.497 e. The molecule has 2 aromatic rings. The summed E-state index contributed by atoms with van der Waals surface area (Å²) in [6.45, 7) is 3.82. The SMILES string of the molecule is COc1cccc(CCN(CC(=O)Nc2cc(C)ccc2C)S(C)(=O)=O)c1. The van der Waals surface area contributed by atoms with Gasteiger partial charge < -0.3 is 10.1 Å². The van der Waals surface area contributed by atoms with Gasteiger partial charge in [-0.15, -0.1) is 0 Å². The lowest BCUT2D eigenvalue weighted by molar-refractivity contribution is -0.116. The Bertz CT molecular complexity index is 910. The Balaban J connectivity index is 2.05. The summed E-state index contributed by atoms with van der Waals surface area (Å²) in [6.07, 6.45) is 1.60. The fourth-order valence-corrected chi connectivity index (χ4v) is 3.44. The minimum atomic E-state index is -3.52. The van der Waals surface area contributed by atoms with E-state index >= 15 is 0 Å². The summed E-state index contributed by atoms with van der Waals surface area (Å²) < 4.78 is 30.6. The molecule has 0 fully saturated rings. The molecule has 0 saturated heterocycles. The number of amides is 1. The first-order valence-corrected chi connectivity index (χ1v) is 10.5. The first-order valence-electron chi connectivity index (χ1n) is 8.64. The summed E-state index contributed by atoms with van der Waals surface area (Å²) in [4.78, 5) is 12.4. The number of sulfonamides is 1. The van der Waals surface area contributed by atoms with Gasteiger partial charge in [0.15, 0.2) is 0 Å². The number of aryl methyl sites for hydroxylation is 2. The number of carbonyl (C=O) groups is 1. The highest BCUT2D eigenvalue weighted by Crippen LogP contribution is 2.17. The zero-order valence-corrected chi connectivity index (χ0v) is 17.0. The molecule has 6 nitrogen and oxygen atoms in total. The van der Waals surface area contributed by atoms with Crippen molar-refractivity contribution in [3.8, 4) is 5.75 Å². The molecule has 0 bridgehead atoms. The summed E-state index contributed by atoms with van der Waals surface area (Å²) in [6, 6.07) is 13.2. The van der Waals surface area contributed by atoms with E-state index in [4.69, 9.17) is 4.74 Å². The highest BCUT2D eigenvalue weighted by atomic mass is 32.2. The Labute approximate surface area is 161 Å². The Hall–Kier alpha value is -2.38. The van der Waals surface area contributed by atoms with Crippen LogP contribution in [0.3, 0.4) is 0 Å². The molecule has 2 rings (SSSR count). The van der Waals surface area contributed by atoms with Crippen LogP contribution in [-0.2, 0) is 21.2 Å². The van der Waals surface area contributed by atoms with Crippen LogP contribution < -0.4 is 10.1 Å². The van der Waals surface area contributed by atoms with Gasteiger partial charge in [0.1, 0.15) is 5.75 Å². The van der Waals surface area contributed by atoms with Gasteiger partial charge in [0.2, 0.25) is 15.9 Å². The second kappa shape index (κ2) is 9.01. The lowest BCUT2D eigenvalue weighted by Crippen LogP contribution is -2.38. The number of ether oxygens (including phenoxy) is 1. The Morgan fingerprint density at radius 3 is 2.56 bits per heavy atom. The minimum absolute atomic E-state index is 0.215. The second-order valence-corrected chi connectivity index (χ2v) is 8.55. The van der Waals surface area contributed by atoms with Gasteiger partial charge in [0.25, 0.3) is 0 Å². The molecule has 0 aromatic heterocycles. The van der Waals surface area contributed by atoms with E-state index < -0.39 is 10.0 Å². The monoisotopic (exact) mass is 390 g/mol. The van der Waals surface area contributed by atoms with Gasteiger partial charge in [-0.2, -0.15) is 4.31 Å². The van der Waals surface area contributed by atoms with E-state index in [0.29, 0.717) is 17.9 Å². The standard InChI is InChI=1S/C20H26N2O4S/c1-15-8-9-16(2)19(12-15)21-20(23)14-22(27(4,24)25)11-10-17-6-5-7-18(13-17)26-3/h5-9,12-13H,10-11,14H2,1-4H3,(H,21,23). The van der Waals surface area contributed by atoms with Crippen LogP contribution in [0, 0.1) is 13.8 Å². The van der Waals surface area contributed by atoms with Crippen molar-refractivity contribution < 1.29 is 17.9 Å². The van der Waals surface area contributed by atoms with Gasteiger partial charge in [-0.1, -0.05) is 24.3 Å². The van der Waals surface area contributed by atoms with Gasteiger partial charge in [-0.3, -0.25) is 4.79 Å². The molecule has 0 unspecified atom stereocenters. The van der Waals surface area contributed by atoms with Crippen molar-refractivity contribution in [2.24, 2.45) is 0 Å². The van der Waals surface area contributed by atoms with Gasteiger partial charge in [0, 0.05) is 12.2 Å². The molecule has 0 aliphatic rings. The molecule has 0 atom stereocenters. The molecule has 0 aliphatic carbocycles. The van der Waals surface area contributed by atoms with Crippen LogP contribution in [-0.4, -0.2) is 45.1 Å². The summed E-state index contributed by atoms with van der Waals surface area (Å²) in [5.74, 6) is 0.353. The maximum Gasteiger partial charge on any atom is 0.239 e. The van der Waals surface area contributed by atoms with Crippen LogP contribution in [0.25, 0.3) is 0 Å². The predicted molar refractivity (Wildman–Crippen MR) is 108 cm³/mol. The third kappa shape index (κ3) is 6.37. The van der Waals surface area contributed by atoms with E-state index in [1.165, 1.54) is 4.31 Å². The van der Waals surface area contributed by atoms with E-state index in [9.17, 15) is 13.2 Å². The van der Waals surface area contributed by atoms with Crippen LogP contribution in [0.4, 0.5) is 5.69 Å². The second-order valence-electron chi connectivity index (χ2n) is 6.56. The molecule has 7 heteroatoms. The zero-order chi connectivity index (χ0) is 20.0. The number of methoxy groups -OCH3 is 1. The van der Waals surface area contributed by atoms with Gasteiger partial charge in [-0.05, 0) is 55.2 Å². The lowest BCUT2D eigenvalue weighted by Gasteiger charge is -2.20. The van der Waals surface area contributed by atoms with Crippen molar-refractivity contribution in [2.45, 2.75) is 20.3 Å². The first kappa shape index (κ1) is 20.9. The first-order chi connectivity index (χ1) is 12.7. The molecule has 2 aromatic carbocycles. The topological polar surface area (TPSA) is 75.7 Å². The Morgan fingerprint density at radius 1 is 1.15 bits per heavy atom. The van der Waals surface area contributed by atoms with E-state index in [1.807, 2.05) is 56.3 Å². The van der Waals surface area contributed by atoms with Crippen molar-refractivity contribution in [1.29, 1.82) is 0 Å². The molecule has 0 saturated carbocycles. The van der Waals surface area contributed by atoms with E-state index in [-0.39, 0.29) is 19.0 Å². The summed E-state index contributed by atoms with van der Waals surface area (Å²) >= 11 is 0. The summed E-state index contributed by atoms with van der Waals surface area (Å²) in [7, 11) is -1.93. The number of nitrogens with one attached hydrogen (secondary N) is 1. The fraction of sp³-hybridized carbons (Fsp3) is 0.350. The molecular formula is C20H26N2O4S. The maximum absolute atomic E-state index is 12.4. The minimum Gasteiger partial charge on any atom is -0.497 e. The molecule has 0 aliphatic heterocycles. The molecule has 0 spiro atoms. The van der Waals surface area contributed by atoms with E-state index in [2.05, 4.69) is 5.32 Å². The number of rotatable bonds is 8. The Morgan fingerprint density at radius 2 is 1.89 bits per heavy atom. The normalized spacial score (nSPS) is 11.4. The number of nitrogens with zero attached hydrogens (tertiary/aromatic N) is 1. The number of benzene rings is 2. The lowest BCUT2D eigenvalue weighted by atomic mass is 10.1. The molecular weight excluding hydrogens is 364 g/mol. The molecule has 1 N–H and O–H groups in total. The smallest absolute Gasteiger partial charge is 0.239 e. The van der Waals surface area contributed by atoms with Crippen LogP contribution in [0.1, 0.15) is 16.7 Å². The van der Waals surface area contributed by atoms with Crippen LogP contribution in [0.5, 0.6) is 5.75 Å². The van der Waals surface area contributed by atoms with Crippen LogP contribution in [0.15, 0.2) is 42.5 Å². The predicted octanol–water partition coefficient (Wildman–Crippen LogP) is 2.75. The highest BCUT2D eigenvalue weighted by molar-refractivity contribution is 7.88. The molecule has 1 amide bonds. The highest BCUT2D eigenvalue weighted by Gasteiger charge is 2.20. The number of carbonyl (C=O) groups excluding carboxylic acids is 1. The van der Waals surface area contributed by atoms with E-state index in [1.54, 1.807) is 7.11 Å². The maximum atomic E-state index is 12.4. The zero-order valence-electron chi connectivity index (χ0n) is 16.2. The molecule has 27 heavy (non-hydrogen) atoms. The van der Waals surface area contributed by atoms with Gasteiger partial charge >= 0.3 is 0 Å². The molecule has 0 heterocycles.